The number of ketones is 1. The van der Waals surface area contributed by atoms with Gasteiger partial charge in [-0.25, -0.2) is 0 Å². The molecule has 0 aliphatic carbocycles. The first-order valence-electron chi connectivity index (χ1n) is 6.00. The quantitative estimate of drug-likeness (QED) is 0.730. The van der Waals surface area contributed by atoms with Crippen molar-refractivity contribution in [2.45, 2.75) is 13.3 Å². The van der Waals surface area contributed by atoms with Crippen LogP contribution in [0.25, 0.3) is 6.08 Å². The van der Waals surface area contributed by atoms with Crippen LogP contribution in [0, 0.1) is 0 Å². The van der Waals surface area contributed by atoms with E-state index in [1.54, 1.807) is 6.92 Å². The predicted molar refractivity (Wildman–Crippen MR) is 75.8 cm³/mol. The largest absolute Gasteiger partial charge is 0.295 e. The molecule has 2 aromatic carbocycles. The summed E-state index contributed by atoms with van der Waals surface area (Å²) in [7, 11) is 0. The highest BCUT2D eigenvalue weighted by atomic mass is 16.1. The molecule has 0 atom stereocenters. The summed E-state index contributed by atoms with van der Waals surface area (Å²) in [6.45, 7) is 5.33. The van der Waals surface area contributed by atoms with Crippen LogP contribution >= 0.6 is 0 Å². The second-order valence-electron chi connectivity index (χ2n) is 4.38. The predicted octanol–water partition coefficient (Wildman–Crippen LogP) is 4.12. The second kappa shape index (κ2) is 5.46. The number of hydrogen-bond donors (Lipinski definition) is 0. The standard InChI is InChI=1S/C17H16O/c1-3-14-4-6-15(7-5-14)12-16-8-10-17(11-9-16)13(2)18/h3-11H,1,12H2,2H3. The van der Waals surface area contributed by atoms with Crippen molar-refractivity contribution in [3.8, 4) is 0 Å². The van der Waals surface area contributed by atoms with E-state index in [9.17, 15) is 4.79 Å². The summed E-state index contributed by atoms with van der Waals surface area (Å²) in [5, 5.41) is 0. The smallest absolute Gasteiger partial charge is 0.159 e. The van der Waals surface area contributed by atoms with Gasteiger partial charge in [0, 0.05) is 5.56 Å². The van der Waals surface area contributed by atoms with Gasteiger partial charge in [-0.05, 0) is 30.0 Å². The number of benzene rings is 2. The van der Waals surface area contributed by atoms with E-state index in [1.165, 1.54) is 11.1 Å². The van der Waals surface area contributed by atoms with Gasteiger partial charge < -0.3 is 0 Å². The van der Waals surface area contributed by atoms with E-state index in [1.807, 2.05) is 30.3 Å². The fourth-order valence-corrected chi connectivity index (χ4v) is 1.86. The summed E-state index contributed by atoms with van der Waals surface area (Å²) in [6, 6.07) is 16.1. The first-order valence-corrected chi connectivity index (χ1v) is 6.00. The Bertz CT molecular complexity index is 547. The van der Waals surface area contributed by atoms with Gasteiger partial charge in [0.1, 0.15) is 0 Å². The van der Waals surface area contributed by atoms with Crippen molar-refractivity contribution in [2.24, 2.45) is 0 Å². The maximum Gasteiger partial charge on any atom is 0.159 e. The summed E-state index contributed by atoms with van der Waals surface area (Å²) in [5.41, 5.74) is 4.37. The van der Waals surface area contributed by atoms with Crippen molar-refractivity contribution in [3.05, 3.63) is 77.4 Å². The van der Waals surface area contributed by atoms with Crippen LogP contribution in [0.15, 0.2) is 55.1 Å². The Hall–Kier alpha value is -2.15. The first kappa shape index (κ1) is 12.3. The molecule has 1 nitrogen and oxygen atoms in total. The van der Waals surface area contributed by atoms with E-state index >= 15 is 0 Å². The zero-order chi connectivity index (χ0) is 13.0. The lowest BCUT2D eigenvalue weighted by molar-refractivity contribution is 0.101. The van der Waals surface area contributed by atoms with Crippen LogP contribution < -0.4 is 0 Å². The van der Waals surface area contributed by atoms with Crippen LogP contribution in [0.1, 0.15) is 34.0 Å². The van der Waals surface area contributed by atoms with Crippen LogP contribution in [-0.4, -0.2) is 5.78 Å². The van der Waals surface area contributed by atoms with E-state index in [4.69, 9.17) is 0 Å². The number of Topliss-reactive ketones (excluding diaryl/α,β-unsaturated/α-hetero) is 1. The topological polar surface area (TPSA) is 17.1 Å². The summed E-state index contributed by atoms with van der Waals surface area (Å²) in [5.74, 6) is 0.108. The third-order valence-electron chi connectivity index (χ3n) is 2.98. The summed E-state index contributed by atoms with van der Waals surface area (Å²) in [4.78, 5) is 11.2. The maximum atomic E-state index is 11.2. The Kier molecular flexibility index (Phi) is 3.73. The van der Waals surface area contributed by atoms with Crippen molar-refractivity contribution >= 4 is 11.9 Å². The molecule has 0 amide bonds. The molecule has 0 aliphatic heterocycles. The van der Waals surface area contributed by atoms with Crippen LogP contribution in [0.3, 0.4) is 0 Å². The van der Waals surface area contributed by atoms with Gasteiger partial charge >= 0.3 is 0 Å². The Morgan fingerprint density at radius 3 is 1.94 bits per heavy atom. The van der Waals surface area contributed by atoms with Crippen molar-refractivity contribution in [2.75, 3.05) is 0 Å². The maximum absolute atomic E-state index is 11.2. The Balaban J connectivity index is 2.12. The van der Waals surface area contributed by atoms with E-state index < -0.39 is 0 Å². The highest BCUT2D eigenvalue weighted by Gasteiger charge is 2.00. The van der Waals surface area contributed by atoms with E-state index in [0.717, 1.165) is 17.5 Å². The number of hydrogen-bond acceptors (Lipinski definition) is 1. The molecule has 0 saturated heterocycles. The van der Waals surface area contributed by atoms with E-state index in [0.29, 0.717) is 0 Å². The highest BCUT2D eigenvalue weighted by Crippen LogP contribution is 2.12. The molecule has 18 heavy (non-hydrogen) atoms. The monoisotopic (exact) mass is 236 g/mol. The molecule has 0 N–H and O–H groups in total. The lowest BCUT2D eigenvalue weighted by Crippen LogP contribution is -1.93. The average molecular weight is 236 g/mol. The fraction of sp³-hybridized carbons (Fsp3) is 0.118. The molecular formula is C17H16O. The zero-order valence-electron chi connectivity index (χ0n) is 10.5. The van der Waals surface area contributed by atoms with Gasteiger partial charge in [-0.3, -0.25) is 4.79 Å². The lowest BCUT2D eigenvalue weighted by Gasteiger charge is -2.03. The van der Waals surface area contributed by atoms with Gasteiger partial charge in [0.25, 0.3) is 0 Å². The third kappa shape index (κ3) is 2.95. The van der Waals surface area contributed by atoms with Gasteiger partial charge in [-0.1, -0.05) is 61.2 Å². The van der Waals surface area contributed by atoms with Crippen LogP contribution in [0.4, 0.5) is 0 Å². The summed E-state index contributed by atoms with van der Waals surface area (Å²) in [6.07, 6.45) is 2.72. The number of rotatable bonds is 4. The molecule has 0 spiro atoms. The molecule has 0 heterocycles. The van der Waals surface area contributed by atoms with E-state index in [2.05, 4.69) is 30.8 Å². The zero-order valence-corrected chi connectivity index (χ0v) is 10.5. The van der Waals surface area contributed by atoms with Gasteiger partial charge in [-0.15, -0.1) is 0 Å². The minimum absolute atomic E-state index is 0.108. The number of carbonyl (C=O) groups excluding carboxylic acids is 1. The van der Waals surface area contributed by atoms with Gasteiger partial charge in [0.05, 0.1) is 0 Å². The average Bonchev–Trinajstić information content (AvgIpc) is 2.40. The lowest BCUT2D eigenvalue weighted by atomic mass is 10.0. The normalized spacial score (nSPS) is 10.1. The van der Waals surface area contributed by atoms with Gasteiger partial charge in [0.15, 0.2) is 5.78 Å². The Morgan fingerprint density at radius 2 is 1.50 bits per heavy atom. The Labute approximate surface area is 108 Å². The van der Waals surface area contributed by atoms with Crippen molar-refractivity contribution in [3.63, 3.8) is 0 Å². The molecule has 0 aliphatic rings. The number of carbonyl (C=O) groups is 1. The second-order valence-corrected chi connectivity index (χ2v) is 4.38. The minimum Gasteiger partial charge on any atom is -0.295 e. The molecule has 2 rings (SSSR count). The fourth-order valence-electron chi connectivity index (χ4n) is 1.86. The van der Waals surface area contributed by atoms with Crippen molar-refractivity contribution < 1.29 is 4.79 Å². The minimum atomic E-state index is 0.108. The molecule has 0 saturated carbocycles. The highest BCUT2D eigenvalue weighted by molar-refractivity contribution is 5.94. The summed E-state index contributed by atoms with van der Waals surface area (Å²) < 4.78 is 0. The molecule has 1 heteroatoms. The molecule has 0 bridgehead atoms. The first-order chi connectivity index (χ1) is 8.69. The molecule has 2 aromatic rings. The SMILES string of the molecule is C=Cc1ccc(Cc2ccc(C(C)=O)cc2)cc1. The molecule has 0 unspecified atom stereocenters. The van der Waals surface area contributed by atoms with Crippen LogP contribution in [-0.2, 0) is 6.42 Å². The third-order valence-corrected chi connectivity index (χ3v) is 2.98. The molecule has 0 aromatic heterocycles. The van der Waals surface area contributed by atoms with Crippen LogP contribution in [0.5, 0.6) is 0 Å². The molecule has 0 radical (unpaired) electrons. The van der Waals surface area contributed by atoms with Gasteiger partial charge in [-0.2, -0.15) is 0 Å². The Morgan fingerprint density at radius 1 is 1.00 bits per heavy atom. The van der Waals surface area contributed by atoms with Crippen molar-refractivity contribution in [1.29, 1.82) is 0 Å². The summed E-state index contributed by atoms with van der Waals surface area (Å²) >= 11 is 0. The molecular weight excluding hydrogens is 220 g/mol. The van der Waals surface area contributed by atoms with Gasteiger partial charge in [0.2, 0.25) is 0 Å². The van der Waals surface area contributed by atoms with Crippen LogP contribution in [0.2, 0.25) is 0 Å². The molecule has 0 fully saturated rings. The van der Waals surface area contributed by atoms with Crippen molar-refractivity contribution in [1.82, 2.24) is 0 Å². The van der Waals surface area contributed by atoms with E-state index in [-0.39, 0.29) is 5.78 Å². The molecule has 90 valence electrons.